The quantitative estimate of drug-likeness (QED) is 0.450. The molecule has 0 radical (unpaired) electrons. The number of hydrogen-bond donors (Lipinski definition) is 2. The normalized spacial score (nSPS) is 11.7. The van der Waals surface area contributed by atoms with Gasteiger partial charge < -0.3 is 20.9 Å². The van der Waals surface area contributed by atoms with Crippen LogP contribution < -0.4 is 11.5 Å². The zero-order chi connectivity index (χ0) is 17.6. The first-order valence-electron chi connectivity index (χ1n) is 6.75. The number of Topliss-reactive ketones (excluding diaryl/α,β-unsaturated/α-hetero) is 2. The molecule has 0 aliphatic heterocycles. The topological polar surface area (TPSA) is 139 Å². The minimum atomic E-state index is -1.33. The van der Waals surface area contributed by atoms with Crippen LogP contribution in [-0.4, -0.2) is 47.8 Å². The van der Waals surface area contributed by atoms with Crippen LogP contribution in [0.3, 0.4) is 0 Å². The number of rotatable bonds is 8. The van der Waals surface area contributed by atoms with Gasteiger partial charge in [0.2, 0.25) is 0 Å². The minimum absolute atomic E-state index is 0.000599. The van der Waals surface area contributed by atoms with Gasteiger partial charge in [-0.2, -0.15) is 0 Å². The number of carbonyl (C=O) groups excluding carboxylic acids is 4. The van der Waals surface area contributed by atoms with E-state index in [0.717, 1.165) is 0 Å². The lowest BCUT2D eigenvalue weighted by molar-refractivity contribution is -0.169. The lowest BCUT2D eigenvalue weighted by Crippen LogP contribution is -2.37. The fraction of sp³-hybridized carbons (Fsp3) is 0.714. The maximum Gasteiger partial charge on any atom is 0.417 e. The Morgan fingerprint density at radius 1 is 0.727 bits per heavy atom. The predicted molar refractivity (Wildman–Crippen MR) is 77.7 cm³/mol. The Morgan fingerprint density at radius 3 is 1.23 bits per heavy atom. The van der Waals surface area contributed by atoms with Gasteiger partial charge in [-0.15, -0.1) is 0 Å². The number of nitrogens with two attached hydrogens (primary N) is 2. The molecule has 0 fully saturated rings. The summed E-state index contributed by atoms with van der Waals surface area (Å²) in [5.41, 5.74) is 9.81. The van der Waals surface area contributed by atoms with E-state index in [-0.39, 0.29) is 12.8 Å². The van der Waals surface area contributed by atoms with Crippen LogP contribution in [0.2, 0.25) is 0 Å². The molecule has 0 bridgehead atoms. The van der Waals surface area contributed by atoms with Crippen LogP contribution in [-0.2, 0) is 28.7 Å². The molecule has 0 unspecified atom stereocenters. The maximum atomic E-state index is 11.4. The van der Waals surface area contributed by atoms with Crippen LogP contribution in [0.15, 0.2) is 0 Å². The molecule has 0 aliphatic carbocycles. The minimum Gasteiger partial charge on any atom is -0.449 e. The summed E-state index contributed by atoms with van der Waals surface area (Å²) in [4.78, 5) is 45.5. The smallest absolute Gasteiger partial charge is 0.417 e. The predicted octanol–water partition coefficient (Wildman–Crippen LogP) is -0.534. The molecule has 22 heavy (non-hydrogen) atoms. The van der Waals surface area contributed by atoms with E-state index in [4.69, 9.17) is 11.5 Å². The van der Waals surface area contributed by atoms with Gasteiger partial charge in [0.15, 0.2) is 24.8 Å². The van der Waals surface area contributed by atoms with E-state index in [1.54, 1.807) is 27.7 Å². The molecule has 0 aromatic carbocycles. The number of hydrogen-bond acceptors (Lipinski definition) is 8. The van der Waals surface area contributed by atoms with Gasteiger partial charge in [0.25, 0.3) is 0 Å². The monoisotopic (exact) mass is 316 g/mol. The molecule has 8 nitrogen and oxygen atoms in total. The molecule has 4 N–H and O–H groups in total. The summed E-state index contributed by atoms with van der Waals surface area (Å²) in [5.74, 6) is -3.50. The fourth-order valence-corrected chi connectivity index (χ4v) is 1.53. The average Bonchev–Trinajstić information content (AvgIpc) is 2.28. The molecule has 0 rings (SSSR count). The van der Waals surface area contributed by atoms with Crippen LogP contribution in [0.1, 0.15) is 40.5 Å². The Bertz CT molecular complexity index is 403. The third kappa shape index (κ3) is 10.9. The summed E-state index contributed by atoms with van der Waals surface area (Å²) in [6.07, 6.45) is -0.00120. The van der Waals surface area contributed by atoms with E-state index >= 15 is 0 Å². The van der Waals surface area contributed by atoms with Crippen molar-refractivity contribution in [2.45, 2.75) is 51.6 Å². The molecule has 8 heteroatoms. The first kappa shape index (κ1) is 20.2. The van der Waals surface area contributed by atoms with Gasteiger partial charge in [-0.1, -0.05) is 0 Å². The SMILES string of the molecule is CC(C)(N)CC(=O)COC(=O)C(=O)OCC(=O)CC(C)(C)N. The molecule has 0 amide bonds. The lowest BCUT2D eigenvalue weighted by atomic mass is 10.00. The van der Waals surface area contributed by atoms with Crippen molar-refractivity contribution in [2.75, 3.05) is 13.2 Å². The van der Waals surface area contributed by atoms with Gasteiger partial charge in [-0.3, -0.25) is 9.59 Å². The highest BCUT2D eigenvalue weighted by molar-refractivity contribution is 6.30. The summed E-state index contributed by atoms with van der Waals surface area (Å²) in [6.45, 7) is 5.44. The van der Waals surface area contributed by atoms with Crippen LogP contribution in [0.5, 0.6) is 0 Å². The second-order valence-electron chi connectivity index (χ2n) is 6.56. The summed E-state index contributed by atoms with van der Waals surface area (Å²) in [7, 11) is 0. The summed E-state index contributed by atoms with van der Waals surface area (Å²) in [6, 6.07) is 0. The van der Waals surface area contributed by atoms with Gasteiger partial charge in [-0.25, -0.2) is 9.59 Å². The van der Waals surface area contributed by atoms with Crippen molar-refractivity contribution in [1.29, 1.82) is 0 Å². The van der Waals surface area contributed by atoms with Gasteiger partial charge in [0.05, 0.1) is 0 Å². The zero-order valence-electron chi connectivity index (χ0n) is 13.4. The lowest BCUT2D eigenvalue weighted by Gasteiger charge is -2.17. The molecule has 0 saturated heterocycles. The van der Waals surface area contributed by atoms with Crippen LogP contribution in [0.25, 0.3) is 0 Å². The summed E-state index contributed by atoms with van der Waals surface area (Å²) >= 11 is 0. The number of ketones is 2. The van der Waals surface area contributed by atoms with Crippen molar-refractivity contribution < 1.29 is 28.7 Å². The molecule has 0 atom stereocenters. The van der Waals surface area contributed by atoms with Crippen molar-refractivity contribution in [3.8, 4) is 0 Å². The Balaban J connectivity index is 4.11. The second kappa shape index (κ2) is 8.00. The molecule has 0 heterocycles. The maximum absolute atomic E-state index is 11.4. The van der Waals surface area contributed by atoms with Gasteiger partial charge in [-0.05, 0) is 27.7 Å². The molecule has 126 valence electrons. The van der Waals surface area contributed by atoms with Crippen molar-refractivity contribution in [1.82, 2.24) is 0 Å². The van der Waals surface area contributed by atoms with E-state index < -0.39 is 47.8 Å². The van der Waals surface area contributed by atoms with Crippen molar-refractivity contribution in [3.05, 3.63) is 0 Å². The third-order valence-electron chi connectivity index (χ3n) is 2.20. The Morgan fingerprint density at radius 2 is 1.00 bits per heavy atom. The summed E-state index contributed by atoms with van der Waals surface area (Å²) in [5, 5.41) is 0. The van der Waals surface area contributed by atoms with E-state index in [0.29, 0.717) is 0 Å². The van der Waals surface area contributed by atoms with E-state index in [1.165, 1.54) is 0 Å². The number of carbonyl (C=O) groups is 4. The molecule has 0 saturated carbocycles. The largest absolute Gasteiger partial charge is 0.449 e. The first-order chi connectivity index (χ1) is 9.80. The highest BCUT2D eigenvalue weighted by atomic mass is 16.6. The Hall–Kier alpha value is -1.80. The molecule has 0 aromatic rings. The molecule has 0 spiro atoms. The van der Waals surface area contributed by atoms with Crippen LogP contribution >= 0.6 is 0 Å². The van der Waals surface area contributed by atoms with Crippen LogP contribution in [0, 0.1) is 0 Å². The number of ether oxygens (including phenoxy) is 2. The van der Waals surface area contributed by atoms with Crippen molar-refractivity contribution in [2.24, 2.45) is 11.5 Å². The van der Waals surface area contributed by atoms with Crippen molar-refractivity contribution >= 4 is 23.5 Å². The molecular formula is C14H24N2O6. The second-order valence-corrected chi connectivity index (χ2v) is 6.56. The van der Waals surface area contributed by atoms with E-state index in [2.05, 4.69) is 9.47 Å². The fourth-order valence-electron chi connectivity index (χ4n) is 1.53. The third-order valence-corrected chi connectivity index (χ3v) is 2.20. The first-order valence-corrected chi connectivity index (χ1v) is 6.75. The summed E-state index contributed by atoms with van der Waals surface area (Å²) < 4.78 is 8.98. The molecule has 0 aliphatic rings. The zero-order valence-corrected chi connectivity index (χ0v) is 13.4. The molecule has 0 aromatic heterocycles. The standard InChI is InChI=1S/C14H24N2O6/c1-13(2,15)5-9(17)7-21-11(19)12(20)22-8-10(18)6-14(3,4)16/h5-8,15-16H2,1-4H3. The van der Waals surface area contributed by atoms with Crippen LogP contribution in [0.4, 0.5) is 0 Å². The average molecular weight is 316 g/mol. The van der Waals surface area contributed by atoms with Gasteiger partial charge >= 0.3 is 11.9 Å². The molecular weight excluding hydrogens is 292 g/mol. The van der Waals surface area contributed by atoms with Gasteiger partial charge in [0, 0.05) is 23.9 Å². The highest BCUT2D eigenvalue weighted by Crippen LogP contribution is 2.05. The van der Waals surface area contributed by atoms with E-state index in [9.17, 15) is 19.2 Å². The number of esters is 2. The Labute approximate surface area is 129 Å². The Kier molecular flexibility index (Phi) is 7.34. The van der Waals surface area contributed by atoms with E-state index in [1.807, 2.05) is 0 Å². The van der Waals surface area contributed by atoms with Gasteiger partial charge in [0.1, 0.15) is 0 Å². The van der Waals surface area contributed by atoms with Crippen molar-refractivity contribution in [3.63, 3.8) is 0 Å². The highest BCUT2D eigenvalue weighted by Gasteiger charge is 2.23.